The molecule has 1 unspecified atom stereocenters. The smallest absolute Gasteiger partial charge is 0.161 e. The van der Waals surface area contributed by atoms with Crippen LogP contribution in [-0.2, 0) is 6.54 Å². The molecule has 5 heteroatoms. The first-order valence-corrected chi connectivity index (χ1v) is 6.11. The zero-order valence-electron chi connectivity index (χ0n) is 11.3. The second-order valence-electron chi connectivity index (χ2n) is 4.12. The van der Waals surface area contributed by atoms with Gasteiger partial charge in [-0.05, 0) is 24.6 Å². The Labute approximate surface area is 112 Å². The van der Waals surface area contributed by atoms with E-state index in [0.717, 1.165) is 17.8 Å². The van der Waals surface area contributed by atoms with Crippen LogP contribution in [0, 0.1) is 0 Å². The summed E-state index contributed by atoms with van der Waals surface area (Å²) in [7, 11) is 3.16. The number of methoxy groups -OCH3 is 2. The van der Waals surface area contributed by atoms with Crippen LogP contribution in [0.25, 0.3) is 0 Å². The minimum atomic E-state index is -0.734. The van der Waals surface area contributed by atoms with Gasteiger partial charge in [-0.1, -0.05) is 6.07 Å². The van der Waals surface area contributed by atoms with Crippen LogP contribution in [-0.4, -0.2) is 28.9 Å². The number of nitrogens with zero attached hydrogens (tertiary/aromatic N) is 2. The Kier molecular flexibility index (Phi) is 4.06. The fourth-order valence-corrected chi connectivity index (χ4v) is 2.02. The Morgan fingerprint density at radius 2 is 2.00 bits per heavy atom. The summed E-state index contributed by atoms with van der Waals surface area (Å²) in [6.45, 7) is 2.77. The number of aliphatic hydroxyl groups excluding tert-OH is 1. The van der Waals surface area contributed by atoms with Gasteiger partial charge in [0.25, 0.3) is 0 Å². The van der Waals surface area contributed by atoms with Crippen molar-refractivity contribution in [2.45, 2.75) is 19.6 Å². The van der Waals surface area contributed by atoms with E-state index in [1.807, 2.05) is 17.6 Å². The van der Waals surface area contributed by atoms with Gasteiger partial charge in [0.1, 0.15) is 6.10 Å². The fraction of sp³-hybridized carbons (Fsp3) is 0.357. The molecule has 1 aromatic carbocycles. The van der Waals surface area contributed by atoms with Gasteiger partial charge in [0, 0.05) is 6.54 Å². The van der Waals surface area contributed by atoms with Gasteiger partial charge in [0.15, 0.2) is 11.5 Å². The molecule has 1 N–H and O–H groups in total. The van der Waals surface area contributed by atoms with E-state index in [-0.39, 0.29) is 0 Å². The molecule has 1 heterocycles. The molecule has 0 saturated heterocycles. The molecule has 0 fully saturated rings. The number of ether oxygens (including phenoxy) is 2. The summed E-state index contributed by atoms with van der Waals surface area (Å²) in [6, 6.07) is 5.37. The third-order valence-corrected chi connectivity index (χ3v) is 3.09. The predicted molar refractivity (Wildman–Crippen MR) is 71.5 cm³/mol. The Bertz CT molecular complexity index is 551. The molecule has 2 aromatic rings. The maximum Gasteiger partial charge on any atom is 0.161 e. The van der Waals surface area contributed by atoms with Gasteiger partial charge in [0.05, 0.1) is 32.4 Å². The number of rotatable bonds is 5. The minimum absolute atomic E-state index is 0.599. The Morgan fingerprint density at radius 3 is 2.63 bits per heavy atom. The van der Waals surface area contributed by atoms with Crippen molar-refractivity contribution in [1.29, 1.82) is 0 Å². The summed E-state index contributed by atoms with van der Waals surface area (Å²) >= 11 is 0. The van der Waals surface area contributed by atoms with Crippen LogP contribution in [0.5, 0.6) is 11.5 Å². The lowest BCUT2D eigenvalue weighted by atomic mass is 10.1. The van der Waals surface area contributed by atoms with Crippen LogP contribution in [0.1, 0.15) is 24.3 Å². The van der Waals surface area contributed by atoms with Crippen molar-refractivity contribution in [1.82, 2.24) is 9.55 Å². The van der Waals surface area contributed by atoms with Gasteiger partial charge in [-0.2, -0.15) is 0 Å². The standard InChI is InChI=1S/C14H18N2O3/c1-4-16-9-15-8-11(16)14(17)10-5-6-12(18-2)13(7-10)19-3/h5-9,14,17H,4H2,1-3H3. The van der Waals surface area contributed by atoms with E-state index in [1.165, 1.54) is 0 Å². The van der Waals surface area contributed by atoms with Crippen LogP contribution in [0.15, 0.2) is 30.7 Å². The van der Waals surface area contributed by atoms with E-state index in [1.54, 1.807) is 38.9 Å². The van der Waals surface area contributed by atoms with Crippen molar-refractivity contribution in [3.05, 3.63) is 42.0 Å². The molecule has 0 bridgehead atoms. The van der Waals surface area contributed by atoms with Crippen molar-refractivity contribution in [3.8, 4) is 11.5 Å². The topological polar surface area (TPSA) is 56.5 Å². The first-order valence-electron chi connectivity index (χ1n) is 6.11. The molecule has 0 amide bonds. The molecule has 1 atom stereocenters. The van der Waals surface area contributed by atoms with Crippen molar-refractivity contribution in [3.63, 3.8) is 0 Å². The number of imidazole rings is 1. The highest BCUT2D eigenvalue weighted by Crippen LogP contribution is 2.32. The minimum Gasteiger partial charge on any atom is -0.493 e. The SMILES string of the molecule is CCn1cncc1C(O)c1ccc(OC)c(OC)c1. The van der Waals surface area contributed by atoms with E-state index in [0.29, 0.717) is 11.5 Å². The maximum absolute atomic E-state index is 10.4. The summed E-state index contributed by atoms with van der Waals surface area (Å²) in [5.74, 6) is 1.24. The molecule has 0 spiro atoms. The molecule has 0 aliphatic heterocycles. The number of aliphatic hydroxyl groups is 1. The molecule has 102 valence electrons. The molecule has 0 radical (unpaired) electrons. The van der Waals surface area contributed by atoms with Gasteiger partial charge in [0.2, 0.25) is 0 Å². The number of benzene rings is 1. The number of aryl methyl sites for hydroxylation is 1. The van der Waals surface area contributed by atoms with Gasteiger partial charge in [-0.3, -0.25) is 0 Å². The Balaban J connectivity index is 2.36. The van der Waals surface area contributed by atoms with Crippen LogP contribution < -0.4 is 9.47 Å². The number of hydrogen-bond donors (Lipinski definition) is 1. The average Bonchev–Trinajstić information content (AvgIpc) is 2.94. The first-order chi connectivity index (χ1) is 9.21. The lowest BCUT2D eigenvalue weighted by Crippen LogP contribution is -2.07. The second-order valence-corrected chi connectivity index (χ2v) is 4.12. The molecular weight excluding hydrogens is 244 g/mol. The molecule has 1 aromatic heterocycles. The van der Waals surface area contributed by atoms with Crippen molar-refractivity contribution >= 4 is 0 Å². The molecular formula is C14H18N2O3. The maximum atomic E-state index is 10.4. The summed E-state index contributed by atoms with van der Waals surface area (Å²) in [5.41, 5.74) is 1.50. The van der Waals surface area contributed by atoms with Gasteiger partial charge in [-0.15, -0.1) is 0 Å². The van der Waals surface area contributed by atoms with Gasteiger partial charge < -0.3 is 19.1 Å². The highest BCUT2D eigenvalue weighted by molar-refractivity contribution is 5.44. The zero-order valence-corrected chi connectivity index (χ0v) is 11.3. The summed E-state index contributed by atoms with van der Waals surface area (Å²) < 4.78 is 12.3. The molecule has 2 rings (SSSR count). The molecule has 0 saturated carbocycles. The predicted octanol–water partition coefficient (Wildman–Crippen LogP) is 2.00. The molecule has 19 heavy (non-hydrogen) atoms. The first kappa shape index (κ1) is 13.4. The van der Waals surface area contributed by atoms with Crippen molar-refractivity contribution in [2.75, 3.05) is 14.2 Å². The molecule has 5 nitrogen and oxygen atoms in total. The van der Waals surface area contributed by atoms with E-state index < -0.39 is 6.10 Å². The largest absolute Gasteiger partial charge is 0.493 e. The third kappa shape index (κ3) is 2.56. The lowest BCUT2D eigenvalue weighted by Gasteiger charge is -2.15. The summed E-state index contributed by atoms with van der Waals surface area (Å²) in [5, 5.41) is 10.4. The van der Waals surface area contributed by atoms with Gasteiger partial charge >= 0.3 is 0 Å². The molecule has 0 aliphatic rings. The van der Waals surface area contributed by atoms with Crippen LogP contribution in [0.4, 0.5) is 0 Å². The Morgan fingerprint density at radius 1 is 1.26 bits per heavy atom. The van der Waals surface area contributed by atoms with Gasteiger partial charge in [-0.25, -0.2) is 4.98 Å². The van der Waals surface area contributed by atoms with Crippen molar-refractivity contribution < 1.29 is 14.6 Å². The molecule has 0 aliphatic carbocycles. The number of hydrogen-bond acceptors (Lipinski definition) is 4. The second kappa shape index (κ2) is 5.75. The van der Waals surface area contributed by atoms with E-state index in [2.05, 4.69) is 4.98 Å². The fourth-order valence-electron chi connectivity index (χ4n) is 2.02. The lowest BCUT2D eigenvalue weighted by molar-refractivity contribution is 0.209. The quantitative estimate of drug-likeness (QED) is 0.895. The van der Waals surface area contributed by atoms with E-state index >= 15 is 0 Å². The highest BCUT2D eigenvalue weighted by atomic mass is 16.5. The zero-order chi connectivity index (χ0) is 13.8. The van der Waals surface area contributed by atoms with Crippen LogP contribution >= 0.6 is 0 Å². The van der Waals surface area contributed by atoms with Crippen LogP contribution in [0.2, 0.25) is 0 Å². The number of aromatic nitrogens is 2. The van der Waals surface area contributed by atoms with E-state index in [4.69, 9.17) is 9.47 Å². The van der Waals surface area contributed by atoms with Crippen LogP contribution in [0.3, 0.4) is 0 Å². The summed E-state index contributed by atoms with van der Waals surface area (Å²) in [6.07, 6.45) is 2.65. The highest BCUT2D eigenvalue weighted by Gasteiger charge is 2.16. The van der Waals surface area contributed by atoms with Crippen molar-refractivity contribution in [2.24, 2.45) is 0 Å². The van der Waals surface area contributed by atoms with E-state index in [9.17, 15) is 5.11 Å². The monoisotopic (exact) mass is 262 g/mol. The normalized spacial score (nSPS) is 12.2. The average molecular weight is 262 g/mol. The summed E-state index contributed by atoms with van der Waals surface area (Å²) in [4.78, 5) is 4.06. The third-order valence-electron chi connectivity index (χ3n) is 3.09. The Hall–Kier alpha value is -2.01.